The summed E-state index contributed by atoms with van der Waals surface area (Å²) in [6.07, 6.45) is 2.56. The highest BCUT2D eigenvalue weighted by Crippen LogP contribution is 2.20. The van der Waals surface area contributed by atoms with E-state index in [0.717, 1.165) is 13.0 Å². The van der Waals surface area contributed by atoms with Gasteiger partial charge in [0, 0.05) is 31.5 Å². The van der Waals surface area contributed by atoms with Gasteiger partial charge in [-0.1, -0.05) is 29.4 Å². The molecule has 0 saturated heterocycles. The van der Waals surface area contributed by atoms with Crippen molar-refractivity contribution in [3.8, 4) is 11.4 Å². The predicted octanol–water partition coefficient (Wildman–Crippen LogP) is 3.78. The molecule has 2 heterocycles. The molecule has 0 atom stereocenters. The second kappa shape index (κ2) is 7.70. The van der Waals surface area contributed by atoms with Gasteiger partial charge in [0.05, 0.1) is 0 Å². The number of hydrogen-bond donors (Lipinski definition) is 0. The van der Waals surface area contributed by atoms with E-state index in [1.165, 1.54) is 23.3 Å². The zero-order valence-electron chi connectivity index (χ0n) is 14.9. The van der Waals surface area contributed by atoms with Crippen LogP contribution in [0.1, 0.15) is 29.9 Å². The minimum atomic E-state index is -0.304. The highest BCUT2D eigenvalue weighted by molar-refractivity contribution is 5.76. The molecule has 27 heavy (non-hydrogen) atoms. The van der Waals surface area contributed by atoms with Crippen molar-refractivity contribution >= 4 is 5.91 Å². The lowest BCUT2D eigenvalue weighted by Gasteiger charge is -2.28. The van der Waals surface area contributed by atoms with Crippen molar-refractivity contribution in [2.45, 2.75) is 32.2 Å². The van der Waals surface area contributed by atoms with Crippen molar-refractivity contribution in [2.75, 3.05) is 6.54 Å². The zero-order valence-corrected chi connectivity index (χ0v) is 14.9. The maximum Gasteiger partial charge on any atom is 0.226 e. The number of aryl methyl sites for hydroxylation is 1. The fourth-order valence-corrected chi connectivity index (χ4v) is 3.33. The summed E-state index contributed by atoms with van der Waals surface area (Å²) in [7, 11) is 0. The maximum absolute atomic E-state index is 13.0. The molecule has 0 saturated carbocycles. The summed E-state index contributed by atoms with van der Waals surface area (Å²) in [5.74, 6) is 0.777. The highest BCUT2D eigenvalue weighted by atomic mass is 19.1. The molecule has 0 N–H and O–H groups in total. The number of aromatic nitrogens is 2. The first kappa shape index (κ1) is 17.4. The van der Waals surface area contributed by atoms with Crippen molar-refractivity contribution in [1.29, 1.82) is 0 Å². The molecule has 0 fully saturated rings. The number of halogens is 1. The van der Waals surface area contributed by atoms with Crippen molar-refractivity contribution in [1.82, 2.24) is 15.0 Å². The third kappa shape index (κ3) is 4.05. The molecule has 0 spiro atoms. The largest absolute Gasteiger partial charge is 0.339 e. The van der Waals surface area contributed by atoms with Crippen LogP contribution in [0.25, 0.3) is 11.4 Å². The Balaban J connectivity index is 1.29. The molecule has 1 aliphatic rings. The van der Waals surface area contributed by atoms with Gasteiger partial charge in [0.2, 0.25) is 17.6 Å². The highest BCUT2D eigenvalue weighted by Gasteiger charge is 2.20. The summed E-state index contributed by atoms with van der Waals surface area (Å²) in [6.45, 7) is 1.45. The number of benzene rings is 2. The van der Waals surface area contributed by atoms with E-state index >= 15 is 0 Å². The molecule has 1 amide bonds. The van der Waals surface area contributed by atoms with E-state index in [1.807, 2.05) is 17.0 Å². The van der Waals surface area contributed by atoms with Crippen molar-refractivity contribution in [3.05, 3.63) is 71.4 Å². The van der Waals surface area contributed by atoms with E-state index in [-0.39, 0.29) is 11.7 Å². The summed E-state index contributed by atoms with van der Waals surface area (Å²) >= 11 is 0. The quantitative estimate of drug-likeness (QED) is 0.690. The summed E-state index contributed by atoms with van der Waals surface area (Å²) < 4.78 is 18.2. The second-order valence-electron chi connectivity index (χ2n) is 6.71. The number of rotatable bonds is 5. The van der Waals surface area contributed by atoms with Crippen LogP contribution in [-0.4, -0.2) is 27.5 Å². The third-order valence-corrected chi connectivity index (χ3v) is 4.84. The van der Waals surface area contributed by atoms with Crippen LogP contribution in [0.3, 0.4) is 0 Å². The van der Waals surface area contributed by atoms with E-state index in [1.54, 1.807) is 12.1 Å². The molecule has 0 aliphatic carbocycles. The topological polar surface area (TPSA) is 59.2 Å². The van der Waals surface area contributed by atoms with Gasteiger partial charge in [-0.25, -0.2) is 4.39 Å². The zero-order chi connectivity index (χ0) is 18.6. The minimum absolute atomic E-state index is 0.155. The lowest BCUT2D eigenvalue weighted by Crippen LogP contribution is -2.35. The predicted molar refractivity (Wildman–Crippen MR) is 98.2 cm³/mol. The van der Waals surface area contributed by atoms with Crippen LogP contribution in [0.15, 0.2) is 53.1 Å². The van der Waals surface area contributed by atoms with Gasteiger partial charge in [0.1, 0.15) is 5.82 Å². The van der Waals surface area contributed by atoms with Crippen molar-refractivity contribution in [2.24, 2.45) is 0 Å². The number of hydrogen-bond acceptors (Lipinski definition) is 4. The van der Waals surface area contributed by atoms with Gasteiger partial charge in [-0.15, -0.1) is 0 Å². The lowest BCUT2D eigenvalue weighted by molar-refractivity contribution is -0.132. The van der Waals surface area contributed by atoms with Gasteiger partial charge in [-0.05, 0) is 48.2 Å². The van der Waals surface area contributed by atoms with E-state index in [2.05, 4.69) is 22.3 Å². The number of carbonyl (C=O) groups excluding carboxylic acids is 1. The third-order valence-electron chi connectivity index (χ3n) is 4.84. The van der Waals surface area contributed by atoms with E-state index < -0.39 is 0 Å². The van der Waals surface area contributed by atoms with E-state index in [0.29, 0.717) is 43.1 Å². The first-order chi connectivity index (χ1) is 13.2. The first-order valence-corrected chi connectivity index (χ1v) is 9.12. The lowest BCUT2D eigenvalue weighted by atomic mass is 9.99. The average molecular weight is 365 g/mol. The van der Waals surface area contributed by atoms with Gasteiger partial charge in [-0.3, -0.25) is 4.79 Å². The standard InChI is InChI=1S/C21H20FN3O2/c22-18-10-8-16(9-11-18)21-23-19(27-24-21)6-3-7-20(26)25-13-12-15-4-1-2-5-17(15)14-25/h1-2,4-5,8-11H,3,6-7,12-14H2. The molecule has 6 heteroatoms. The molecule has 0 unspecified atom stereocenters. The van der Waals surface area contributed by atoms with Crippen LogP contribution in [0, 0.1) is 5.82 Å². The fraction of sp³-hybridized carbons (Fsp3) is 0.286. The van der Waals surface area contributed by atoms with Crippen LogP contribution >= 0.6 is 0 Å². The molecule has 4 rings (SSSR count). The van der Waals surface area contributed by atoms with Crippen LogP contribution in [0.4, 0.5) is 4.39 Å². The number of carbonyl (C=O) groups is 1. The normalized spacial score (nSPS) is 13.4. The fourth-order valence-electron chi connectivity index (χ4n) is 3.33. The maximum atomic E-state index is 13.0. The van der Waals surface area contributed by atoms with Crippen LogP contribution in [0.5, 0.6) is 0 Å². The molecular weight excluding hydrogens is 345 g/mol. The smallest absolute Gasteiger partial charge is 0.226 e. The average Bonchev–Trinajstić information content (AvgIpc) is 3.17. The molecule has 2 aromatic carbocycles. The van der Waals surface area contributed by atoms with Gasteiger partial charge < -0.3 is 9.42 Å². The van der Waals surface area contributed by atoms with Gasteiger partial charge in [-0.2, -0.15) is 4.98 Å². The Bertz CT molecular complexity index is 937. The summed E-state index contributed by atoms with van der Waals surface area (Å²) in [5.41, 5.74) is 3.27. The molecule has 0 bridgehead atoms. The van der Waals surface area contributed by atoms with Crippen molar-refractivity contribution in [3.63, 3.8) is 0 Å². The molecule has 1 aromatic heterocycles. The second-order valence-corrected chi connectivity index (χ2v) is 6.71. The summed E-state index contributed by atoms with van der Waals surface area (Å²) in [5, 5.41) is 3.92. The Labute approximate surface area is 156 Å². The molecular formula is C21H20FN3O2. The van der Waals surface area contributed by atoms with Crippen LogP contribution in [0.2, 0.25) is 0 Å². The summed E-state index contributed by atoms with van der Waals surface area (Å²) in [4.78, 5) is 18.7. The van der Waals surface area contributed by atoms with Gasteiger partial charge in [0.15, 0.2) is 0 Å². The van der Waals surface area contributed by atoms with Crippen LogP contribution in [-0.2, 0) is 24.2 Å². The first-order valence-electron chi connectivity index (χ1n) is 9.12. The van der Waals surface area contributed by atoms with E-state index in [4.69, 9.17) is 4.52 Å². The SMILES string of the molecule is O=C(CCCc1nc(-c2ccc(F)cc2)no1)N1CCc2ccccc2C1. The molecule has 138 valence electrons. The Morgan fingerprint density at radius 1 is 1.11 bits per heavy atom. The molecule has 1 aliphatic heterocycles. The Morgan fingerprint density at radius 3 is 2.70 bits per heavy atom. The van der Waals surface area contributed by atoms with E-state index in [9.17, 15) is 9.18 Å². The summed E-state index contributed by atoms with van der Waals surface area (Å²) in [6, 6.07) is 14.2. The number of nitrogens with zero attached hydrogens (tertiary/aromatic N) is 3. The molecule has 5 nitrogen and oxygen atoms in total. The van der Waals surface area contributed by atoms with Crippen LogP contribution < -0.4 is 0 Å². The molecule has 3 aromatic rings. The number of amides is 1. The molecule has 0 radical (unpaired) electrons. The Morgan fingerprint density at radius 2 is 1.89 bits per heavy atom. The Hall–Kier alpha value is -3.02. The van der Waals surface area contributed by atoms with Gasteiger partial charge in [0.25, 0.3) is 0 Å². The van der Waals surface area contributed by atoms with Crippen molar-refractivity contribution < 1.29 is 13.7 Å². The minimum Gasteiger partial charge on any atom is -0.339 e. The monoisotopic (exact) mass is 365 g/mol. The Kier molecular flexibility index (Phi) is 4.96. The van der Waals surface area contributed by atoms with Gasteiger partial charge >= 0.3 is 0 Å². The number of fused-ring (bicyclic) bond motifs is 1.